The maximum absolute atomic E-state index is 12.8. The minimum Gasteiger partial charge on any atom is -0.336 e. The molecule has 0 spiro atoms. The van der Waals surface area contributed by atoms with Crippen LogP contribution >= 0.6 is 0 Å². The van der Waals surface area contributed by atoms with Crippen molar-refractivity contribution < 1.29 is 4.79 Å². The number of hydrogen-bond acceptors (Lipinski definition) is 3. The standard InChI is InChI=1S/C16H19N3O/c1-11-9-14(13-5-3-4-6-15(13)18-11)16(20)19-8-7-17-12(2)10-19/h3-6,9,12,17H,7-8,10H2,1-2H3/t12-/m1/s1. The van der Waals surface area contributed by atoms with E-state index in [1.807, 2.05) is 42.2 Å². The summed E-state index contributed by atoms with van der Waals surface area (Å²) >= 11 is 0. The molecule has 2 aromatic rings. The van der Waals surface area contributed by atoms with E-state index in [-0.39, 0.29) is 5.91 Å². The van der Waals surface area contributed by atoms with Crippen LogP contribution in [0, 0.1) is 6.92 Å². The van der Waals surface area contributed by atoms with Crippen molar-refractivity contribution in [2.75, 3.05) is 19.6 Å². The second kappa shape index (κ2) is 5.21. The van der Waals surface area contributed by atoms with Gasteiger partial charge in [0.2, 0.25) is 0 Å². The Morgan fingerprint density at radius 2 is 2.20 bits per heavy atom. The Hall–Kier alpha value is -1.94. The van der Waals surface area contributed by atoms with Crippen molar-refractivity contribution in [3.05, 3.63) is 41.6 Å². The Balaban J connectivity index is 2.02. The van der Waals surface area contributed by atoms with Gasteiger partial charge in [0.15, 0.2) is 0 Å². The normalized spacial score (nSPS) is 19.3. The number of fused-ring (bicyclic) bond motifs is 1. The van der Waals surface area contributed by atoms with Crippen LogP contribution in [0.3, 0.4) is 0 Å². The molecule has 4 nitrogen and oxygen atoms in total. The number of hydrogen-bond donors (Lipinski definition) is 1. The van der Waals surface area contributed by atoms with Crippen molar-refractivity contribution in [2.24, 2.45) is 0 Å². The van der Waals surface area contributed by atoms with Gasteiger partial charge in [0.25, 0.3) is 5.91 Å². The zero-order valence-corrected chi connectivity index (χ0v) is 11.9. The highest BCUT2D eigenvalue weighted by Gasteiger charge is 2.23. The van der Waals surface area contributed by atoms with Crippen LogP contribution < -0.4 is 5.32 Å². The number of aryl methyl sites for hydroxylation is 1. The molecule has 1 N–H and O–H groups in total. The lowest BCUT2D eigenvalue weighted by Gasteiger charge is -2.32. The monoisotopic (exact) mass is 269 g/mol. The predicted octanol–water partition coefficient (Wildman–Crippen LogP) is 1.98. The Bertz CT molecular complexity index is 653. The van der Waals surface area contributed by atoms with Gasteiger partial charge in [-0.25, -0.2) is 0 Å². The topological polar surface area (TPSA) is 45.2 Å². The Morgan fingerprint density at radius 1 is 1.40 bits per heavy atom. The third-order valence-electron chi connectivity index (χ3n) is 3.73. The van der Waals surface area contributed by atoms with Gasteiger partial charge < -0.3 is 10.2 Å². The van der Waals surface area contributed by atoms with E-state index in [1.165, 1.54) is 0 Å². The molecule has 0 unspecified atom stereocenters. The van der Waals surface area contributed by atoms with Crippen molar-refractivity contribution in [1.29, 1.82) is 0 Å². The van der Waals surface area contributed by atoms with Crippen molar-refractivity contribution in [3.63, 3.8) is 0 Å². The molecule has 0 saturated carbocycles. The number of carbonyl (C=O) groups excluding carboxylic acids is 1. The second-order valence-corrected chi connectivity index (χ2v) is 5.43. The first-order valence-corrected chi connectivity index (χ1v) is 7.04. The lowest BCUT2D eigenvalue weighted by atomic mass is 10.1. The van der Waals surface area contributed by atoms with Gasteiger partial charge in [0.05, 0.1) is 11.1 Å². The fraction of sp³-hybridized carbons (Fsp3) is 0.375. The summed E-state index contributed by atoms with van der Waals surface area (Å²) in [7, 11) is 0. The molecule has 1 aromatic carbocycles. The zero-order chi connectivity index (χ0) is 14.1. The molecule has 1 saturated heterocycles. The van der Waals surface area contributed by atoms with E-state index in [0.29, 0.717) is 6.04 Å². The van der Waals surface area contributed by atoms with Gasteiger partial charge in [-0.2, -0.15) is 0 Å². The fourth-order valence-corrected chi connectivity index (χ4v) is 2.77. The van der Waals surface area contributed by atoms with E-state index in [1.54, 1.807) is 0 Å². The van der Waals surface area contributed by atoms with E-state index in [9.17, 15) is 4.79 Å². The van der Waals surface area contributed by atoms with E-state index < -0.39 is 0 Å². The lowest BCUT2D eigenvalue weighted by Crippen LogP contribution is -2.51. The van der Waals surface area contributed by atoms with Gasteiger partial charge in [0.1, 0.15) is 0 Å². The molecule has 104 valence electrons. The van der Waals surface area contributed by atoms with Gasteiger partial charge >= 0.3 is 0 Å². The van der Waals surface area contributed by atoms with Crippen LogP contribution in [0.4, 0.5) is 0 Å². The van der Waals surface area contributed by atoms with Crippen LogP contribution in [-0.2, 0) is 0 Å². The molecule has 2 heterocycles. The SMILES string of the molecule is Cc1cc(C(=O)N2CCN[C@H](C)C2)c2ccccc2n1. The number of piperazine rings is 1. The van der Waals surface area contributed by atoms with Crippen LogP contribution in [0.15, 0.2) is 30.3 Å². The molecule has 0 bridgehead atoms. The quantitative estimate of drug-likeness (QED) is 0.861. The number of nitrogens with zero attached hydrogens (tertiary/aromatic N) is 2. The Morgan fingerprint density at radius 3 is 3.00 bits per heavy atom. The van der Waals surface area contributed by atoms with Crippen molar-refractivity contribution in [1.82, 2.24) is 15.2 Å². The van der Waals surface area contributed by atoms with Gasteiger partial charge in [-0.1, -0.05) is 18.2 Å². The first-order valence-electron chi connectivity index (χ1n) is 7.04. The van der Waals surface area contributed by atoms with Gasteiger partial charge in [-0.15, -0.1) is 0 Å². The molecule has 20 heavy (non-hydrogen) atoms. The van der Waals surface area contributed by atoms with Crippen LogP contribution in [0.1, 0.15) is 23.0 Å². The van der Waals surface area contributed by atoms with Crippen LogP contribution in [0.5, 0.6) is 0 Å². The number of para-hydroxylation sites is 1. The summed E-state index contributed by atoms with van der Waals surface area (Å²) in [5.41, 5.74) is 2.54. The molecule has 1 aliphatic rings. The average Bonchev–Trinajstić information content (AvgIpc) is 2.45. The van der Waals surface area contributed by atoms with Crippen LogP contribution in [-0.4, -0.2) is 41.5 Å². The first-order chi connectivity index (χ1) is 9.65. The number of benzene rings is 1. The molecular formula is C16H19N3O. The minimum absolute atomic E-state index is 0.111. The molecule has 1 fully saturated rings. The molecule has 1 aromatic heterocycles. The zero-order valence-electron chi connectivity index (χ0n) is 11.9. The largest absolute Gasteiger partial charge is 0.336 e. The molecular weight excluding hydrogens is 250 g/mol. The molecule has 1 atom stereocenters. The van der Waals surface area contributed by atoms with Crippen molar-refractivity contribution in [2.45, 2.75) is 19.9 Å². The Labute approximate surface area is 118 Å². The number of rotatable bonds is 1. The highest BCUT2D eigenvalue weighted by molar-refractivity contribution is 6.06. The number of carbonyl (C=O) groups is 1. The number of aromatic nitrogens is 1. The van der Waals surface area contributed by atoms with E-state index >= 15 is 0 Å². The van der Waals surface area contributed by atoms with E-state index in [2.05, 4.69) is 17.2 Å². The summed E-state index contributed by atoms with van der Waals surface area (Å²) in [6.45, 7) is 6.42. The van der Waals surface area contributed by atoms with Crippen LogP contribution in [0.2, 0.25) is 0 Å². The fourth-order valence-electron chi connectivity index (χ4n) is 2.77. The van der Waals surface area contributed by atoms with Crippen LogP contribution in [0.25, 0.3) is 10.9 Å². The first kappa shape index (κ1) is 13.1. The minimum atomic E-state index is 0.111. The molecule has 4 heteroatoms. The van der Waals surface area contributed by atoms with Gasteiger partial charge in [-0.3, -0.25) is 9.78 Å². The number of nitrogens with one attached hydrogen (secondary N) is 1. The molecule has 1 aliphatic heterocycles. The lowest BCUT2D eigenvalue weighted by molar-refractivity contribution is 0.0711. The summed E-state index contributed by atoms with van der Waals surface area (Å²) < 4.78 is 0. The highest BCUT2D eigenvalue weighted by Crippen LogP contribution is 2.20. The third-order valence-corrected chi connectivity index (χ3v) is 3.73. The summed E-state index contributed by atoms with van der Waals surface area (Å²) in [4.78, 5) is 19.2. The van der Waals surface area contributed by atoms with E-state index in [0.717, 1.165) is 41.8 Å². The van der Waals surface area contributed by atoms with Crippen molar-refractivity contribution in [3.8, 4) is 0 Å². The molecule has 0 radical (unpaired) electrons. The molecule has 3 rings (SSSR count). The Kier molecular flexibility index (Phi) is 3.40. The summed E-state index contributed by atoms with van der Waals surface area (Å²) in [6, 6.07) is 10.1. The van der Waals surface area contributed by atoms with E-state index in [4.69, 9.17) is 0 Å². The number of pyridine rings is 1. The summed E-state index contributed by atoms with van der Waals surface area (Å²) in [5.74, 6) is 0.111. The average molecular weight is 269 g/mol. The second-order valence-electron chi connectivity index (χ2n) is 5.43. The third kappa shape index (κ3) is 2.39. The molecule has 1 amide bonds. The van der Waals surface area contributed by atoms with Gasteiger partial charge in [0, 0.05) is 36.8 Å². The smallest absolute Gasteiger partial charge is 0.254 e. The predicted molar refractivity (Wildman–Crippen MR) is 79.8 cm³/mol. The van der Waals surface area contributed by atoms with Crippen molar-refractivity contribution >= 4 is 16.8 Å². The maximum Gasteiger partial charge on any atom is 0.254 e. The highest BCUT2D eigenvalue weighted by atomic mass is 16.2. The summed E-state index contributed by atoms with van der Waals surface area (Å²) in [6.07, 6.45) is 0. The maximum atomic E-state index is 12.8. The van der Waals surface area contributed by atoms with Gasteiger partial charge in [-0.05, 0) is 26.0 Å². The molecule has 0 aliphatic carbocycles. The summed E-state index contributed by atoms with van der Waals surface area (Å²) in [5, 5.41) is 4.30. The number of amides is 1.